The Morgan fingerprint density at radius 2 is 0.703 bits per heavy atom. The zero-order chi connectivity index (χ0) is 49.0. The zero-order valence-electron chi connectivity index (χ0n) is 40.2. The van der Waals surface area contributed by atoms with Crippen LogP contribution >= 0.6 is 0 Å². The van der Waals surface area contributed by atoms with E-state index in [1.54, 1.807) is 0 Å². The van der Waals surface area contributed by atoms with Crippen molar-refractivity contribution in [3.8, 4) is 89.8 Å². The average molecular weight is 944 g/mol. The second-order valence-corrected chi connectivity index (χ2v) is 19.0. The Bertz CT molecular complexity index is 4170. The summed E-state index contributed by atoms with van der Waals surface area (Å²) in [5.41, 5.74) is 20.5. The van der Waals surface area contributed by atoms with Crippen LogP contribution in [0.25, 0.3) is 112 Å². The van der Waals surface area contributed by atoms with Gasteiger partial charge in [-0.1, -0.05) is 237 Å². The molecule has 1 aliphatic rings. The van der Waals surface area contributed by atoms with Crippen molar-refractivity contribution in [3.63, 3.8) is 0 Å². The molecule has 0 fully saturated rings. The molecule has 4 heteroatoms. The summed E-state index contributed by atoms with van der Waals surface area (Å²) in [6, 6.07) is 97.7. The first-order chi connectivity index (χ1) is 36.7. The van der Waals surface area contributed by atoms with Crippen LogP contribution in [0.5, 0.6) is 0 Å². The molecule has 0 spiro atoms. The molecule has 13 aromatic rings. The molecule has 74 heavy (non-hydrogen) atoms. The van der Waals surface area contributed by atoms with E-state index in [4.69, 9.17) is 19.4 Å². The van der Waals surface area contributed by atoms with E-state index in [1.807, 2.05) is 54.6 Å². The fraction of sp³-hybridized carbons (Fsp3) is 0.0143. The Hall–Kier alpha value is -9.77. The molecule has 4 nitrogen and oxygen atoms in total. The van der Waals surface area contributed by atoms with Crippen LogP contribution < -0.4 is 0 Å². The van der Waals surface area contributed by atoms with E-state index in [0.29, 0.717) is 17.5 Å². The van der Waals surface area contributed by atoms with Crippen molar-refractivity contribution in [1.29, 1.82) is 0 Å². The minimum absolute atomic E-state index is 0.489. The third kappa shape index (κ3) is 7.18. The largest absolute Gasteiger partial charge is 0.456 e. The predicted octanol–water partition coefficient (Wildman–Crippen LogP) is 17.8. The number of fused-ring (bicyclic) bond motifs is 6. The second-order valence-electron chi connectivity index (χ2n) is 19.0. The first kappa shape index (κ1) is 43.1. The Morgan fingerprint density at radius 1 is 0.257 bits per heavy atom. The van der Waals surface area contributed by atoms with Crippen LogP contribution in [0.3, 0.4) is 0 Å². The third-order valence-electron chi connectivity index (χ3n) is 14.8. The quantitative estimate of drug-likeness (QED) is 0.145. The molecular weight excluding hydrogens is 899 g/mol. The van der Waals surface area contributed by atoms with Crippen LogP contribution in [0.1, 0.15) is 22.3 Å². The minimum Gasteiger partial charge on any atom is -0.456 e. The van der Waals surface area contributed by atoms with Crippen LogP contribution in [0.4, 0.5) is 0 Å². The molecule has 0 N–H and O–H groups in total. The molecule has 11 aromatic carbocycles. The van der Waals surface area contributed by atoms with Gasteiger partial charge in [0.2, 0.25) is 0 Å². The van der Waals surface area contributed by atoms with Gasteiger partial charge in [0, 0.05) is 27.5 Å². The SMILES string of the molecule is c1ccc(-c2cc(-c3ccc(-c4nc(-c5ccccc5)nc(-c5ccc6c(c5)oc5ccccc56)n4)cc3)c(-c3ccccc3)c(-c3ccc4c(c3)-c3ccccc3C4(c3ccccc3)c3ccccc3)c2)cc1. The maximum Gasteiger partial charge on any atom is 0.164 e. The molecule has 0 radical (unpaired) electrons. The molecule has 0 saturated carbocycles. The minimum atomic E-state index is -0.489. The maximum absolute atomic E-state index is 6.32. The smallest absolute Gasteiger partial charge is 0.164 e. The fourth-order valence-electron chi connectivity index (χ4n) is 11.4. The van der Waals surface area contributed by atoms with Crippen molar-refractivity contribution >= 4 is 21.9 Å². The molecule has 0 amide bonds. The van der Waals surface area contributed by atoms with E-state index in [2.05, 4.69) is 218 Å². The number of hydrogen-bond donors (Lipinski definition) is 0. The molecule has 2 aromatic heterocycles. The molecular formula is C70H45N3O. The maximum atomic E-state index is 6.32. The van der Waals surface area contributed by atoms with Gasteiger partial charge in [0.15, 0.2) is 17.5 Å². The summed E-state index contributed by atoms with van der Waals surface area (Å²) in [5.74, 6) is 1.77. The van der Waals surface area contributed by atoms with Gasteiger partial charge in [-0.3, -0.25) is 0 Å². The molecule has 346 valence electrons. The van der Waals surface area contributed by atoms with Gasteiger partial charge >= 0.3 is 0 Å². The fourth-order valence-corrected chi connectivity index (χ4v) is 11.4. The van der Waals surface area contributed by atoms with Crippen molar-refractivity contribution in [1.82, 2.24) is 15.0 Å². The normalized spacial score (nSPS) is 12.4. The molecule has 0 bridgehead atoms. The first-order valence-corrected chi connectivity index (χ1v) is 25.2. The van der Waals surface area contributed by atoms with Gasteiger partial charge in [0.05, 0.1) is 5.41 Å². The number of nitrogens with zero attached hydrogens (tertiary/aromatic N) is 3. The highest BCUT2D eigenvalue weighted by molar-refractivity contribution is 6.06. The topological polar surface area (TPSA) is 51.8 Å². The summed E-state index contributed by atoms with van der Waals surface area (Å²) in [7, 11) is 0. The predicted molar refractivity (Wildman–Crippen MR) is 302 cm³/mol. The molecule has 0 saturated heterocycles. The van der Waals surface area contributed by atoms with Gasteiger partial charge in [0.1, 0.15) is 11.2 Å². The summed E-state index contributed by atoms with van der Waals surface area (Å²) in [4.78, 5) is 15.3. The lowest BCUT2D eigenvalue weighted by atomic mass is 9.67. The number of furan rings is 1. The van der Waals surface area contributed by atoms with E-state index in [1.165, 1.54) is 33.4 Å². The van der Waals surface area contributed by atoms with E-state index in [0.717, 1.165) is 83.1 Å². The molecule has 2 heterocycles. The summed E-state index contributed by atoms with van der Waals surface area (Å²) in [6.07, 6.45) is 0. The van der Waals surface area contributed by atoms with E-state index >= 15 is 0 Å². The number of benzene rings is 11. The van der Waals surface area contributed by atoms with E-state index < -0.39 is 5.41 Å². The van der Waals surface area contributed by atoms with Crippen LogP contribution in [-0.2, 0) is 5.41 Å². The lowest BCUT2D eigenvalue weighted by Crippen LogP contribution is -2.28. The lowest BCUT2D eigenvalue weighted by molar-refractivity contribution is 0.669. The summed E-state index contributed by atoms with van der Waals surface area (Å²) < 4.78 is 6.32. The van der Waals surface area contributed by atoms with Gasteiger partial charge in [-0.15, -0.1) is 0 Å². The number of para-hydroxylation sites is 1. The number of hydrogen-bond acceptors (Lipinski definition) is 4. The van der Waals surface area contributed by atoms with Crippen LogP contribution in [0.2, 0.25) is 0 Å². The Kier molecular flexibility index (Phi) is 10.4. The molecule has 0 unspecified atom stereocenters. The first-order valence-electron chi connectivity index (χ1n) is 25.2. The van der Waals surface area contributed by atoms with Gasteiger partial charge in [-0.05, 0) is 114 Å². The Balaban J connectivity index is 0.944. The summed E-state index contributed by atoms with van der Waals surface area (Å²) in [5, 5.41) is 2.14. The zero-order valence-corrected chi connectivity index (χ0v) is 40.2. The lowest BCUT2D eigenvalue weighted by Gasteiger charge is -2.34. The highest BCUT2D eigenvalue weighted by atomic mass is 16.3. The monoisotopic (exact) mass is 943 g/mol. The van der Waals surface area contributed by atoms with E-state index in [9.17, 15) is 0 Å². The standard InChI is InChI=1S/C70H45N3O/c1-6-20-46(21-7-1)53-43-59(47-34-36-50(37-35-47)68-71-67(49-24-10-3-11-25-49)72-69(73-68)52-38-40-58-57-31-17-19-33-64(57)74-65(58)45-52)66(48-22-8-2-9-23-48)60(44-53)51-39-41-63-61(42-51)56-30-16-18-32-62(56)70(63,54-26-12-4-13-27-54)55-28-14-5-15-29-55/h1-45H. The van der Waals surface area contributed by atoms with Crippen molar-refractivity contribution in [3.05, 3.63) is 295 Å². The Morgan fingerprint density at radius 3 is 1.36 bits per heavy atom. The van der Waals surface area contributed by atoms with Gasteiger partial charge < -0.3 is 4.42 Å². The second kappa shape index (κ2) is 17.8. The summed E-state index contributed by atoms with van der Waals surface area (Å²) in [6.45, 7) is 0. The third-order valence-corrected chi connectivity index (χ3v) is 14.8. The van der Waals surface area contributed by atoms with E-state index in [-0.39, 0.29) is 0 Å². The number of aromatic nitrogens is 3. The van der Waals surface area contributed by atoms with Crippen molar-refractivity contribution < 1.29 is 4.42 Å². The highest BCUT2D eigenvalue weighted by Crippen LogP contribution is 2.57. The van der Waals surface area contributed by atoms with Crippen LogP contribution in [0.15, 0.2) is 277 Å². The summed E-state index contributed by atoms with van der Waals surface area (Å²) >= 11 is 0. The molecule has 0 aliphatic heterocycles. The van der Waals surface area contributed by atoms with Gasteiger partial charge in [0.25, 0.3) is 0 Å². The average Bonchev–Trinajstić information content (AvgIpc) is 4.01. The molecule has 0 atom stereocenters. The molecule has 1 aliphatic carbocycles. The van der Waals surface area contributed by atoms with Crippen molar-refractivity contribution in [2.45, 2.75) is 5.41 Å². The van der Waals surface area contributed by atoms with Crippen LogP contribution in [-0.4, -0.2) is 15.0 Å². The Labute approximate surface area is 429 Å². The van der Waals surface area contributed by atoms with Gasteiger partial charge in [-0.2, -0.15) is 0 Å². The van der Waals surface area contributed by atoms with Crippen molar-refractivity contribution in [2.75, 3.05) is 0 Å². The highest BCUT2D eigenvalue weighted by Gasteiger charge is 2.46. The van der Waals surface area contributed by atoms with Crippen molar-refractivity contribution in [2.24, 2.45) is 0 Å². The molecule has 14 rings (SSSR count). The van der Waals surface area contributed by atoms with Gasteiger partial charge in [-0.25, -0.2) is 15.0 Å². The van der Waals surface area contributed by atoms with Crippen LogP contribution in [0, 0.1) is 0 Å². The number of rotatable bonds is 9.